The average Bonchev–Trinajstić information content (AvgIpc) is 2.79. The number of nitrogens with zero attached hydrogens (tertiary/aromatic N) is 1. The second-order valence-electron chi connectivity index (χ2n) is 7.33. The van der Waals surface area contributed by atoms with Gasteiger partial charge in [-0.1, -0.05) is 67.4 Å². The molecule has 0 aliphatic heterocycles. The summed E-state index contributed by atoms with van der Waals surface area (Å²) in [4.78, 5) is 13.2. The fraction of sp³-hybridized carbons (Fsp3) is 0.192. The average molecular weight is 450 g/mol. The highest BCUT2D eigenvalue weighted by atomic mass is 32.2. The van der Waals surface area contributed by atoms with Crippen molar-refractivity contribution in [2.45, 2.75) is 31.6 Å². The van der Waals surface area contributed by atoms with Crippen molar-refractivity contribution in [2.75, 3.05) is 10.9 Å². The van der Waals surface area contributed by atoms with Crippen LogP contribution in [0.3, 0.4) is 0 Å². The van der Waals surface area contributed by atoms with E-state index in [1.54, 1.807) is 48.5 Å². The summed E-state index contributed by atoms with van der Waals surface area (Å²) in [6, 6.07) is 22.1. The van der Waals surface area contributed by atoms with E-state index in [0.717, 1.165) is 22.7 Å². The standard InChI is InChI=1S/C26H27NO4S/c1-3-4-20-31-25-13-9-8-10-22(25)16-19-26(28)27(23-11-6-5-7-12-23)32(29,30)24-17-14-21(2)15-18-24/h5-19H,3-4,20H2,1-2H3/b19-16+. The van der Waals surface area contributed by atoms with Gasteiger partial charge in [0.2, 0.25) is 0 Å². The Morgan fingerprint density at radius 1 is 0.938 bits per heavy atom. The maximum Gasteiger partial charge on any atom is 0.271 e. The molecule has 3 rings (SSSR count). The van der Waals surface area contributed by atoms with Crippen LogP contribution in [-0.2, 0) is 14.8 Å². The quantitative estimate of drug-likeness (QED) is 0.315. The summed E-state index contributed by atoms with van der Waals surface area (Å²) in [5.41, 5.74) is 1.91. The highest BCUT2D eigenvalue weighted by Crippen LogP contribution is 2.25. The van der Waals surface area contributed by atoms with Gasteiger partial charge in [0.25, 0.3) is 15.9 Å². The molecule has 1 amide bonds. The lowest BCUT2D eigenvalue weighted by molar-refractivity contribution is -0.113. The topological polar surface area (TPSA) is 63.7 Å². The Kier molecular flexibility index (Phi) is 7.84. The van der Waals surface area contributed by atoms with Crippen LogP contribution < -0.4 is 9.04 Å². The Balaban J connectivity index is 1.95. The lowest BCUT2D eigenvalue weighted by Crippen LogP contribution is -2.35. The Hall–Kier alpha value is -3.38. The second-order valence-corrected chi connectivity index (χ2v) is 9.12. The third-order valence-corrected chi connectivity index (χ3v) is 6.57. The van der Waals surface area contributed by atoms with Crippen molar-refractivity contribution in [3.8, 4) is 5.75 Å². The zero-order chi connectivity index (χ0) is 23.0. The molecule has 5 nitrogen and oxygen atoms in total. The van der Waals surface area contributed by atoms with E-state index in [1.165, 1.54) is 18.2 Å². The predicted molar refractivity (Wildman–Crippen MR) is 128 cm³/mol. The summed E-state index contributed by atoms with van der Waals surface area (Å²) in [5.74, 6) is -0.0159. The fourth-order valence-electron chi connectivity index (χ4n) is 3.07. The summed E-state index contributed by atoms with van der Waals surface area (Å²) in [6.07, 6.45) is 4.79. The number of para-hydroxylation sites is 2. The van der Waals surface area contributed by atoms with Gasteiger partial charge in [-0.2, -0.15) is 4.31 Å². The SMILES string of the molecule is CCCCOc1ccccc1/C=C/C(=O)N(c1ccccc1)S(=O)(=O)c1ccc(C)cc1. The van der Waals surface area contributed by atoms with Crippen molar-refractivity contribution >= 4 is 27.7 Å². The molecule has 0 unspecified atom stereocenters. The van der Waals surface area contributed by atoms with Gasteiger partial charge in [-0.25, -0.2) is 8.42 Å². The number of hydrogen-bond acceptors (Lipinski definition) is 4. The number of rotatable bonds is 9. The molecule has 0 saturated heterocycles. The number of anilines is 1. The van der Waals surface area contributed by atoms with Gasteiger partial charge in [0.1, 0.15) is 5.75 Å². The number of amides is 1. The molecule has 0 spiro atoms. The van der Waals surface area contributed by atoms with Crippen molar-refractivity contribution in [1.29, 1.82) is 0 Å². The van der Waals surface area contributed by atoms with Gasteiger partial charge in [0, 0.05) is 11.6 Å². The molecular weight excluding hydrogens is 422 g/mol. The van der Waals surface area contributed by atoms with Crippen LogP contribution in [-0.4, -0.2) is 20.9 Å². The first-order chi connectivity index (χ1) is 15.4. The van der Waals surface area contributed by atoms with Crippen molar-refractivity contribution in [1.82, 2.24) is 0 Å². The van der Waals surface area contributed by atoms with Gasteiger partial charge < -0.3 is 4.74 Å². The van der Waals surface area contributed by atoms with Crippen LogP contribution in [0.15, 0.2) is 89.8 Å². The molecule has 166 valence electrons. The van der Waals surface area contributed by atoms with Crippen LogP contribution in [0.2, 0.25) is 0 Å². The van der Waals surface area contributed by atoms with Gasteiger partial charge in [-0.15, -0.1) is 0 Å². The molecular formula is C26H27NO4S. The number of carbonyl (C=O) groups is 1. The lowest BCUT2D eigenvalue weighted by Gasteiger charge is -2.21. The molecule has 0 aromatic heterocycles. The van der Waals surface area contributed by atoms with E-state index >= 15 is 0 Å². The molecule has 0 fully saturated rings. The number of unbranched alkanes of at least 4 members (excludes halogenated alkanes) is 1. The van der Waals surface area contributed by atoms with Gasteiger partial charge in [-0.05, 0) is 49.8 Å². The van der Waals surface area contributed by atoms with E-state index in [4.69, 9.17) is 4.74 Å². The first-order valence-electron chi connectivity index (χ1n) is 10.5. The first-order valence-corrected chi connectivity index (χ1v) is 12.0. The van der Waals surface area contributed by atoms with Gasteiger partial charge >= 0.3 is 0 Å². The van der Waals surface area contributed by atoms with E-state index in [2.05, 4.69) is 6.92 Å². The van der Waals surface area contributed by atoms with Crippen LogP contribution >= 0.6 is 0 Å². The van der Waals surface area contributed by atoms with Crippen LogP contribution in [0, 0.1) is 6.92 Å². The minimum absolute atomic E-state index is 0.0528. The summed E-state index contributed by atoms with van der Waals surface area (Å²) >= 11 is 0. The molecule has 3 aromatic carbocycles. The molecule has 32 heavy (non-hydrogen) atoms. The van der Waals surface area contributed by atoms with Gasteiger partial charge in [0.05, 0.1) is 17.2 Å². The summed E-state index contributed by atoms with van der Waals surface area (Å²) in [7, 11) is -4.10. The molecule has 6 heteroatoms. The Morgan fingerprint density at radius 2 is 1.59 bits per heavy atom. The lowest BCUT2D eigenvalue weighted by atomic mass is 10.2. The summed E-state index contributed by atoms with van der Waals surface area (Å²) in [6.45, 7) is 4.53. The molecule has 0 atom stereocenters. The predicted octanol–water partition coefficient (Wildman–Crippen LogP) is 5.61. The molecule has 0 aliphatic rings. The van der Waals surface area contributed by atoms with Gasteiger partial charge in [0.15, 0.2) is 0 Å². The molecule has 0 saturated carbocycles. The van der Waals surface area contributed by atoms with Crippen molar-refractivity contribution in [3.05, 3.63) is 96.1 Å². The van der Waals surface area contributed by atoms with Crippen LogP contribution in [0.4, 0.5) is 5.69 Å². The first kappa shape index (κ1) is 23.3. The third-order valence-electron chi connectivity index (χ3n) is 4.83. The van der Waals surface area contributed by atoms with Crippen molar-refractivity contribution in [3.63, 3.8) is 0 Å². The van der Waals surface area contributed by atoms with E-state index in [-0.39, 0.29) is 10.6 Å². The van der Waals surface area contributed by atoms with E-state index in [1.807, 2.05) is 31.2 Å². The molecule has 0 radical (unpaired) electrons. The van der Waals surface area contributed by atoms with Crippen molar-refractivity contribution < 1.29 is 17.9 Å². The van der Waals surface area contributed by atoms with E-state index in [0.29, 0.717) is 17.9 Å². The molecule has 0 aliphatic carbocycles. The highest BCUT2D eigenvalue weighted by molar-refractivity contribution is 7.93. The Labute approximate surface area is 190 Å². The minimum Gasteiger partial charge on any atom is -0.493 e. The van der Waals surface area contributed by atoms with Crippen LogP contribution in [0.1, 0.15) is 30.9 Å². The molecule has 0 bridgehead atoms. The fourth-order valence-corrected chi connectivity index (χ4v) is 4.46. The van der Waals surface area contributed by atoms with Gasteiger partial charge in [-0.3, -0.25) is 4.79 Å². The number of benzene rings is 3. The van der Waals surface area contributed by atoms with Crippen LogP contribution in [0.25, 0.3) is 6.08 Å². The number of carbonyl (C=O) groups excluding carboxylic acids is 1. The number of hydrogen-bond donors (Lipinski definition) is 0. The second kappa shape index (κ2) is 10.8. The molecule has 0 N–H and O–H groups in total. The Bertz CT molecular complexity index is 1170. The Morgan fingerprint density at radius 3 is 2.28 bits per heavy atom. The normalized spacial score (nSPS) is 11.4. The van der Waals surface area contributed by atoms with Crippen LogP contribution in [0.5, 0.6) is 5.75 Å². The maximum atomic E-state index is 13.4. The monoisotopic (exact) mass is 449 g/mol. The smallest absolute Gasteiger partial charge is 0.271 e. The van der Waals surface area contributed by atoms with Crippen molar-refractivity contribution in [2.24, 2.45) is 0 Å². The zero-order valence-corrected chi connectivity index (χ0v) is 19.1. The zero-order valence-electron chi connectivity index (χ0n) is 18.3. The number of ether oxygens (including phenoxy) is 1. The number of aryl methyl sites for hydroxylation is 1. The third kappa shape index (κ3) is 5.65. The number of sulfonamides is 1. The minimum atomic E-state index is -4.10. The highest BCUT2D eigenvalue weighted by Gasteiger charge is 2.29. The van der Waals surface area contributed by atoms with E-state index < -0.39 is 15.9 Å². The largest absolute Gasteiger partial charge is 0.493 e. The molecule has 3 aromatic rings. The maximum absolute atomic E-state index is 13.4. The molecule has 0 heterocycles. The summed E-state index contributed by atoms with van der Waals surface area (Å²) in [5, 5.41) is 0. The summed E-state index contributed by atoms with van der Waals surface area (Å²) < 4.78 is 33.4. The van der Waals surface area contributed by atoms with E-state index in [9.17, 15) is 13.2 Å².